The summed E-state index contributed by atoms with van der Waals surface area (Å²) in [6.07, 6.45) is 0. The molecule has 0 fully saturated rings. The third-order valence-corrected chi connectivity index (χ3v) is 4.56. The van der Waals surface area contributed by atoms with Crippen LogP contribution in [-0.2, 0) is 7.05 Å². The standard InChI is InChI=1S/C16H12IN3O2S/c1-20-15(22)12-7-2-9(8-13(12)19-16(20)23)14(21)18-11-5-3-10(17)4-6-11/h2-8H,1H3,(H,18,21)(H,19,23). The number of halogens is 1. The van der Waals surface area contributed by atoms with Gasteiger partial charge in [-0.05, 0) is 77.3 Å². The van der Waals surface area contributed by atoms with Crippen molar-refractivity contribution in [2.45, 2.75) is 0 Å². The topological polar surface area (TPSA) is 66.9 Å². The van der Waals surface area contributed by atoms with E-state index >= 15 is 0 Å². The van der Waals surface area contributed by atoms with Gasteiger partial charge in [0.15, 0.2) is 4.77 Å². The molecule has 0 atom stereocenters. The summed E-state index contributed by atoms with van der Waals surface area (Å²) >= 11 is 7.30. The molecule has 0 aliphatic carbocycles. The Hall–Kier alpha value is -2.00. The minimum Gasteiger partial charge on any atom is -0.332 e. The molecule has 3 rings (SSSR count). The SMILES string of the molecule is Cn1c(=S)[nH]c2cc(C(=O)Nc3ccc(I)cc3)ccc2c1=O. The fourth-order valence-electron chi connectivity index (χ4n) is 2.18. The second kappa shape index (κ2) is 6.25. The lowest BCUT2D eigenvalue weighted by Gasteiger charge is -2.07. The maximum absolute atomic E-state index is 12.3. The van der Waals surface area contributed by atoms with E-state index < -0.39 is 0 Å². The van der Waals surface area contributed by atoms with Gasteiger partial charge in [0.05, 0.1) is 10.9 Å². The van der Waals surface area contributed by atoms with Gasteiger partial charge in [0.1, 0.15) is 0 Å². The van der Waals surface area contributed by atoms with E-state index in [4.69, 9.17) is 12.2 Å². The van der Waals surface area contributed by atoms with Gasteiger partial charge >= 0.3 is 0 Å². The molecule has 116 valence electrons. The highest BCUT2D eigenvalue weighted by molar-refractivity contribution is 14.1. The normalized spacial score (nSPS) is 10.7. The minimum atomic E-state index is -0.242. The van der Waals surface area contributed by atoms with Crippen molar-refractivity contribution < 1.29 is 4.79 Å². The molecule has 2 aromatic carbocycles. The molecule has 1 amide bonds. The van der Waals surface area contributed by atoms with Gasteiger partial charge in [0.2, 0.25) is 0 Å². The van der Waals surface area contributed by atoms with Crippen LogP contribution in [0.4, 0.5) is 5.69 Å². The van der Waals surface area contributed by atoms with Crippen LogP contribution in [0.25, 0.3) is 10.9 Å². The van der Waals surface area contributed by atoms with E-state index in [2.05, 4.69) is 32.9 Å². The van der Waals surface area contributed by atoms with Gasteiger partial charge < -0.3 is 10.3 Å². The van der Waals surface area contributed by atoms with E-state index in [0.29, 0.717) is 26.9 Å². The van der Waals surface area contributed by atoms with Crippen molar-refractivity contribution in [3.8, 4) is 0 Å². The highest BCUT2D eigenvalue weighted by Gasteiger charge is 2.09. The summed E-state index contributed by atoms with van der Waals surface area (Å²) in [6.45, 7) is 0. The largest absolute Gasteiger partial charge is 0.332 e. The number of amides is 1. The Morgan fingerprint density at radius 1 is 1.22 bits per heavy atom. The number of H-pyrrole nitrogens is 1. The van der Waals surface area contributed by atoms with E-state index in [0.717, 1.165) is 3.57 Å². The maximum atomic E-state index is 12.3. The summed E-state index contributed by atoms with van der Waals surface area (Å²) in [5, 5.41) is 3.32. The first-order valence-corrected chi connectivity index (χ1v) is 8.24. The Morgan fingerprint density at radius 3 is 2.61 bits per heavy atom. The number of hydrogen-bond acceptors (Lipinski definition) is 3. The Labute approximate surface area is 150 Å². The first-order chi connectivity index (χ1) is 11.0. The van der Waals surface area contributed by atoms with Crippen molar-refractivity contribution in [2.24, 2.45) is 7.05 Å². The average molecular weight is 437 g/mol. The molecule has 0 spiro atoms. The van der Waals surface area contributed by atoms with E-state index in [-0.39, 0.29) is 11.5 Å². The number of carbonyl (C=O) groups excluding carboxylic acids is 1. The molecule has 1 heterocycles. The van der Waals surface area contributed by atoms with Crippen LogP contribution < -0.4 is 10.9 Å². The molecule has 0 bridgehead atoms. The number of benzene rings is 2. The fourth-order valence-corrected chi connectivity index (χ4v) is 2.74. The summed E-state index contributed by atoms with van der Waals surface area (Å²) in [5.74, 6) is -0.242. The summed E-state index contributed by atoms with van der Waals surface area (Å²) in [5.41, 5.74) is 1.53. The molecule has 0 unspecified atom stereocenters. The maximum Gasteiger partial charge on any atom is 0.261 e. The molecule has 3 aromatic rings. The zero-order chi connectivity index (χ0) is 16.6. The highest BCUT2D eigenvalue weighted by Crippen LogP contribution is 2.15. The number of aromatic amines is 1. The van der Waals surface area contributed by atoms with Crippen molar-refractivity contribution in [1.29, 1.82) is 0 Å². The van der Waals surface area contributed by atoms with Crippen LogP contribution in [0, 0.1) is 8.34 Å². The number of nitrogens with one attached hydrogen (secondary N) is 2. The quantitative estimate of drug-likeness (QED) is 0.477. The van der Waals surface area contributed by atoms with E-state index in [1.54, 1.807) is 25.2 Å². The third-order valence-electron chi connectivity index (χ3n) is 3.47. The zero-order valence-electron chi connectivity index (χ0n) is 12.1. The van der Waals surface area contributed by atoms with Crippen molar-refractivity contribution >= 4 is 57.3 Å². The second-order valence-corrected chi connectivity index (χ2v) is 6.65. The molecule has 23 heavy (non-hydrogen) atoms. The number of hydrogen-bond donors (Lipinski definition) is 2. The van der Waals surface area contributed by atoms with Gasteiger partial charge in [0, 0.05) is 21.9 Å². The van der Waals surface area contributed by atoms with Crippen LogP contribution >= 0.6 is 34.8 Å². The molecule has 1 aromatic heterocycles. The first-order valence-electron chi connectivity index (χ1n) is 6.76. The molecule has 5 nitrogen and oxygen atoms in total. The van der Waals surface area contributed by atoms with Crippen LogP contribution in [0.5, 0.6) is 0 Å². The van der Waals surface area contributed by atoms with Gasteiger partial charge in [0.25, 0.3) is 11.5 Å². The van der Waals surface area contributed by atoms with Gasteiger partial charge in [-0.1, -0.05) is 0 Å². The van der Waals surface area contributed by atoms with Crippen molar-refractivity contribution in [2.75, 3.05) is 5.32 Å². The second-order valence-electron chi connectivity index (χ2n) is 5.02. The number of fused-ring (bicyclic) bond motifs is 1. The molecule has 2 N–H and O–H groups in total. The lowest BCUT2D eigenvalue weighted by Crippen LogP contribution is -2.19. The van der Waals surface area contributed by atoms with Crippen molar-refractivity contribution in [3.05, 3.63) is 66.7 Å². The number of nitrogens with zero attached hydrogens (tertiary/aromatic N) is 1. The molecule has 0 saturated carbocycles. The number of rotatable bonds is 2. The fraction of sp³-hybridized carbons (Fsp3) is 0.0625. The lowest BCUT2D eigenvalue weighted by molar-refractivity contribution is 0.102. The van der Waals surface area contributed by atoms with Crippen LogP contribution in [0.15, 0.2) is 47.3 Å². The Kier molecular flexibility index (Phi) is 4.31. The van der Waals surface area contributed by atoms with Gasteiger partial charge in [-0.2, -0.15) is 0 Å². The lowest BCUT2D eigenvalue weighted by atomic mass is 10.1. The molecular formula is C16H12IN3O2S. The first kappa shape index (κ1) is 15.9. The number of anilines is 1. The van der Waals surface area contributed by atoms with Crippen molar-refractivity contribution in [3.63, 3.8) is 0 Å². The Balaban J connectivity index is 1.98. The van der Waals surface area contributed by atoms with Crippen LogP contribution in [0.1, 0.15) is 10.4 Å². The summed E-state index contributed by atoms with van der Waals surface area (Å²) in [4.78, 5) is 27.4. The monoisotopic (exact) mass is 437 g/mol. The highest BCUT2D eigenvalue weighted by atomic mass is 127. The third kappa shape index (κ3) is 3.20. The Morgan fingerprint density at radius 2 is 1.91 bits per heavy atom. The van der Waals surface area contributed by atoms with Crippen LogP contribution in [0.3, 0.4) is 0 Å². The predicted octanol–water partition coefficient (Wildman–Crippen LogP) is 3.45. The number of aromatic nitrogens is 2. The van der Waals surface area contributed by atoms with Crippen LogP contribution in [-0.4, -0.2) is 15.5 Å². The Bertz CT molecular complexity index is 1020. The minimum absolute atomic E-state index is 0.187. The van der Waals surface area contributed by atoms with E-state index in [1.807, 2.05) is 24.3 Å². The van der Waals surface area contributed by atoms with Gasteiger partial charge in [-0.3, -0.25) is 14.2 Å². The zero-order valence-corrected chi connectivity index (χ0v) is 15.1. The van der Waals surface area contributed by atoms with E-state index in [1.165, 1.54) is 4.57 Å². The van der Waals surface area contributed by atoms with Gasteiger partial charge in [-0.15, -0.1) is 0 Å². The summed E-state index contributed by atoms with van der Waals surface area (Å²) in [6, 6.07) is 12.4. The average Bonchev–Trinajstić information content (AvgIpc) is 2.54. The summed E-state index contributed by atoms with van der Waals surface area (Å²) in [7, 11) is 1.61. The smallest absolute Gasteiger partial charge is 0.261 e. The molecule has 0 radical (unpaired) electrons. The molecule has 0 aliphatic rings. The molecule has 0 aliphatic heterocycles. The van der Waals surface area contributed by atoms with Crippen molar-refractivity contribution in [1.82, 2.24) is 9.55 Å². The molecule has 7 heteroatoms. The van der Waals surface area contributed by atoms with E-state index in [9.17, 15) is 9.59 Å². The van der Waals surface area contributed by atoms with Gasteiger partial charge in [-0.25, -0.2) is 0 Å². The molecule has 0 saturated heterocycles. The number of carbonyl (C=O) groups is 1. The molecular weight excluding hydrogens is 425 g/mol. The predicted molar refractivity (Wildman–Crippen MR) is 101 cm³/mol. The summed E-state index contributed by atoms with van der Waals surface area (Å²) < 4.78 is 2.77. The van der Waals surface area contributed by atoms with Crippen LogP contribution in [0.2, 0.25) is 0 Å².